The molecule has 0 atom stereocenters. The third-order valence-electron chi connectivity index (χ3n) is 3.99. The summed E-state index contributed by atoms with van der Waals surface area (Å²) in [5.41, 5.74) is -4.82. The fourth-order valence-electron chi connectivity index (χ4n) is 2.84. The van der Waals surface area contributed by atoms with Crippen molar-refractivity contribution in [3.63, 3.8) is 0 Å². The average Bonchev–Trinajstić information content (AvgIpc) is 2.66. The summed E-state index contributed by atoms with van der Waals surface area (Å²) in [6.45, 7) is 0. The van der Waals surface area contributed by atoms with E-state index in [0.717, 1.165) is 6.07 Å². The van der Waals surface area contributed by atoms with Crippen LogP contribution in [0, 0.1) is 60.7 Å². The molecule has 0 aromatic heterocycles. The van der Waals surface area contributed by atoms with E-state index in [1.807, 2.05) is 0 Å². The maximum Gasteiger partial charge on any atom is 0.437 e. The SMILES string of the molecule is Nc1ccc(-c2c([N+](=O)[O-])c([N+](=O)[O-])c([N+](=O)[O-])c([N+](=O)[O-])c2[N+](=O)[O-])c([N+](=O)[O-])c1N. The number of nitrogens with two attached hydrogens (primary N) is 2. The van der Waals surface area contributed by atoms with E-state index in [-0.39, 0.29) is 0 Å². The van der Waals surface area contributed by atoms with Gasteiger partial charge in [-0.15, -0.1) is 0 Å². The predicted octanol–water partition coefficient (Wildman–Crippen LogP) is 1.97. The molecule has 4 N–H and O–H groups in total. The molecule has 0 heterocycles. The van der Waals surface area contributed by atoms with Gasteiger partial charge in [0.2, 0.25) is 0 Å². The summed E-state index contributed by atoms with van der Waals surface area (Å²) in [6, 6.07) is 1.35. The van der Waals surface area contributed by atoms with E-state index in [1.165, 1.54) is 0 Å². The molecule has 166 valence electrons. The van der Waals surface area contributed by atoms with Crippen LogP contribution in [0.3, 0.4) is 0 Å². The van der Waals surface area contributed by atoms with Crippen LogP contribution in [-0.4, -0.2) is 29.5 Å². The minimum absolute atomic E-state index is 0.475. The Morgan fingerprint density at radius 1 is 0.500 bits per heavy atom. The van der Waals surface area contributed by atoms with Crippen molar-refractivity contribution in [2.75, 3.05) is 11.5 Å². The van der Waals surface area contributed by atoms with Crippen LogP contribution in [0.5, 0.6) is 0 Å². The van der Waals surface area contributed by atoms with Gasteiger partial charge in [-0.25, -0.2) is 0 Å². The highest BCUT2D eigenvalue weighted by molar-refractivity contribution is 6.02. The third-order valence-corrected chi connectivity index (χ3v) is 3.99. The van der Waals surface area contributed by atoms with Crippen LogP contribution >= 0.6 is 0 Å². The Bertz CT molecular complexity index is 1220. The zero-order valence-corrected chi connectivity index (χ0v) is 14.9. The maximum absolute atomic E-state index is 11.6. The third kappa shape index (κ3) is 3.34. The van der Waals surface area contributed by atoms with Crippen molar-refractivity contribution in [3.05, 3.63) is 72.8 Å². The number of nitrogens with zero attached hydrogens (tertiary/aromatic N) is 6. The Morgan fingerprint density at radius 3 is 1.12 bits per heavy atom. The van der Waals surface area contributed by atoms with Crippen molar-refractivity contribution in [2.45, 2.75) is 0 Å². The van der Waals surface area contributed by atoms with Gasteiger partial charge in [-0.2, -0.15) is 0 Å². The molecule has 0 bridgehead atoms. The molecule has 0 unspecified atom stereocenters. The maximum atomic E-state index is 11.6. The molecule has 0 amide bonds. The normalized spacial score (nSPS) is 10.4. The molecular formula is C12H6N8O12. The summed E-state index contributed by atoms with van der Waals surface area (Å²) in [7, 11) is 0. The topological polar surface area (TPSA) is 311 Å². The number of rotatable bonds is 7. The van der Waals surface area contributed by atoms with E-state index in [9.17, 15) is 60.7 Å². The first-order chi connectivity index (χ1) is 14.7. The molecule has 0 spiro atoms. The highest BCUT2D eigenvalue weighted by atomic mass is 16.7. The Kier molecular flexibility index (Phi) is 5.46. The average molecular weight is 454 g/mol. The molecular weight excluding hydrogens is 448 g/mol. The fourth-order valence-corrected chi connectivity index (χ4v) is 2.84. The smallest absolute Gasteiger partial charge is 0.397 e. The summed E-state index contributed by atoms with van der Waals surface area (Å²) in [5.74, 6) is 0. The molecule has 2 aromatic carbocycles. The van der Waals surface area contributed by atoms with E-state index in [2.05, 4.69) is 0 Å². The lowest BCUT2D eigenvalue weighted by Crippen LogP contribution is -2.11. The lowest BCUT2D eigenvalue weighted by Gasteiger charge is -2.09. The van der Waals surface area contributed by atoms with Gasteiger partial charge >= 0.3 is 34.1 Å². The molecule has 0 radical (unpaired) electrons. The van der Waals surface area contributed by atoms with E-state index in [0.29, 0.717) is 6.07 Å². The zero-order valence-electron chi connectivity index (χ0n) is 14.9. The van der Waals surface area contributed by atoms with Crippen molar-refractivity contribution in [3.8, 4) is 11.1 Å². The van der Waals surface area contributed by atoms with Gasteiger partial charge < -0.3 is 11.5 Å². The van der Waals surface area contributed by atoms with Crippen LogP contribution in [0.15, 0.2) is 12.1 Å². The lowest BCUT2D eigenvalue weighted by molar-refractivity contribution is -0.459. The van der Waals surface area contributed by atoms with E-state index < -0.39 is 86.2 Å². The van der Waals surface area contributed by atoms with Crippen LogP contribution in [0.25, 0.3) is 11.1 Å². The summed E-state index contributed by atoms with van der Waals surface area (Å²) in [4.78, 5) is 59.1. The van der Waals surface area contributed by atoms with Gasteiger partial charge in [0.15, 0.2) is 5.56 Å². The highest BCUT2D eigenvalue weighted by Crippen LogP contribution is 2.57. The van der Waals surface area contributed by atoms with E-state index in [4.69, 9.17) is 11.5 Å². The molecule has 0 saturated carbocycles. The highest BCUT2D eigenvalue weighted by Gasteiger charge is 2.55. The van der Waals surface area contributed by atoms with Crippen LogP contribution < -0.4 is 11.5 Å². The Balaban J connectivity index is 3.47. The second-order valence-electron chi connectivity index (χ2n) is 5.63. The van der Waals surface area contributed by atoms with E-state index in [1.54, 1.807) is 0 Å². The van der Waals surface area contributed by atoms with Gasteiger partial charge in [0.05, 0.1) is 40.8 Å². The number of anilines is 2. The zero-order chi connectivity index (χ0) is 24.7. The molecule has 0 aliphatic rings. The first-order valence-electron chi connectivity index (χ1n) is 7.52. The summed E-state index contributed by atoms with van der Waals surface area (Å²) in [5, 5.41) is 69.0. The van der Waals surface area contributed by atoms with Crippen molar-refractivity contribution >= 4 is 45.5 Å². The number of nitrogen functional groups attached to an aromatic ring is 2. The predicted molar refractivity (Wildman–Crippen MR) is 101 cm³/mol. The van der Waals surface area contributed by atoms with Gasteiger partial charge in [0.25, 0.3) is 0 Å². The number of hydrogen-bond acceptors (Lipinski definition) is 14. The Labute approximate surface area is 171 Å². The first-order valence-corrected chi connectivity index (χ1v) is 7.52. The molecule has 2 rings (SSSR count). The summed E-state index contributed by atoms with van der Waals surface area (Å²) < 4.78 is 0. The van der Waals surface area contributed by atoms with Crippen LogP contribution in [0.2, 0.25) is 0 Å². The molecule has 20 nitrogen and oxygen atoms in total. The van der Waals surface area contributed by atoms with Crippen molar-refractivity contribution < 1.29 is 29.5 Å². The number of hydrogen-bond donors (Lipinski definition) is 2. The largest absolute Gasteiger partial charge is 0.437 e. The lowest BCUT2D eigenvalue weighted by atomic mass is 9.95. The van der Waals surface area contributed by atoms with Crippen molar-refractivity contribution in [2.24, 2.45) is 0 Å². The van der Waals surface area contributed by atoms with Crippen LogP contribution in [-0.2, 0) is 0 Å². The molecule has 0 fully saturated rings. The molecule has 0 aliphatic carbocycles. The molecule has 20 heteroatoms. The van der Waals surface area contributed by atoms with Crippen molar-refractivity contribution in [1.29, 1.82) is 0 Å². The van der Waals surface area contributed by atoms with Crippen molar-refractivity contribution in [1.82, 2.24) is 0 Å². The quantitative estimate of drug-likeness (QED) is 0.343. The molecule has 32 heavy (non-hydrogen) atoms. The molecule has 0 aliphatic heterocycles. The Morgan fingerprint density at radius 2 is 0.812 bits per heavy atom. The minimum atomic E-state index is -2.16. The monoisotopic (exact) mass is 454 g/mol. The molecule has 0 saturated heterocycles. The Hall–Kier alpha value is -5.56. The standard InChI is InChI=1S/C12H6N8O12/c13-4-2-1-3(7(6(4)14)15(21)22)5-8(16(23)24)10(18(27)28)12(20(31)32)11(19(29)30)9(5)17(25)26/h1-2H,13-14H2. The number of nitro groups is 6. The van der Waals surface area contributed by atoms with Gasteiger partial charge in [-0.05, 0) is 12.1 Å². The van der Waals surface area contributed by atoms with Crippen LogP contribution in [0.4, 0.5) is 45.5 Å². The fraction of sp³-hybridized carbons (Fsp3) is 0. The van der Waals surface area contributed by atoms with Crippen LogP contribution in [0.1, 0.15) is 0 Å². The second kappa shape index (κ2) is 7.69. The number of benzene rings is 2. The van der Waals surface area contributed by atoms with Gasteiger partial charge in [-0.3, -0.25) is 60.7 Å². The first kappa shape index (κ1) is 22.7. The minimum Gasteiger partial charge on any atom is -0.397 e. The summed E-state index contributed by atoms with van der Waals surface area (Å²) >= 11 is 0. The summed E-state index contributed by atoms with van der Waals surface area (Å²) in [6.07, 6.45) is 0. The molecule has 2 aromatic rings. The second-order valence-corrected chi connectivity index (χ2v) is 5.63. The number of nitro benzene ring substituents is 6. The van der Waals surface area contributed by atoms with E-state index >= 15 is 0 Å². The van der Waals surface area contributed by atoms with Gasteiger partial charge in [-0.1, -0.05) is 0 Å². The van der Waals surface area contributed by atoms with Gasteiger partial charge in [0, 0.05) is 0 Å². The van der Waals surface area contributed by atoms with Gasteiger partial charge in [0.1, 0.15) is 5.69 Å².